The van der Waals surface area contributed by atoms with Gasteiger partial charge in [0.25, 0.3) is 11.8 Å². The van der Waals surface area contributed by atoms with Crippen molar-refractivity contribution in [3.8, 4) is 0 Å². The van der Waals surface area contributed by atoms with Crippen LogP contribution in [0.25, 0.3) is 0 Å². The molecular formula is C21H19N3O5. The molecule has 0 aliphatic carbocycles. The predicted molar refractivity (Wildman–Crippen MR) is 101 cm³/mol. The monoisotopic (exact) mass is 393 g/mol. The van der Waals surface area contributed by atoms with Gasteiger partial charge < -0.3 is 4.90 Å². The van der Waals surface area contributed by atoms with Gasteiger partial charge in [-0.3, -0.25) is 29.3 Å². The molecule has 1 unspecified atom stereocenters. The Hall–Kier alpha value is -3.52. The minimum atomic E-state index is -0.724. The van der Waals surface area contributed by atoms with Gasteiger partial charge in [0.2, 0.25) is 11.8 Å². The summed E-state index contributed by atoms with van der Waals surface area (Å²) >= 11 is 0. The van der Waals surface area contributed by atoms with Crippen molar-refractivity contribution in [1.82, 2.24) is 15.7 Å². The first-order chi connectivity index (χ1) is 14.0. The molecule has 148 valence electrons. The van der Waals surface area contributed by atoms with Gasteiger partial charge in [0.15, 0.2) is 0 Å². The van der Waals surface area contributed by atoms with Crippen LogP contribution in [0.4, 0.5) is 0 Å². The molecule has 2 aliphatic rings. The first-order valence-electron chi connectivity index (χ1n) is 9.27. The van der Waals surface area contributed by atoms with Gasteiger partial charge in [0, 0.05) is 24.1 Å². The number of hydrogen-bond acceptors (Lipinski definition) is 5. The van der Waals surface area contributed by atoms with Crippen molar-refractivity contribution in [2.75, 3.05) is 0 Å². The van der Waals surface area contributed by atoms with Crippen LogP contribution in [-0.4, -0.2) is 34.6 Å². The van der Waals surface area contributed by atoms with Crippen molar-refractivity contribution in [3.63, 3.8) is 0 Å². The molecule has 2 heterocycles. The van der Waals surface area contributed by atoms with Gasteiger partial charge in [-0.05, 0) is 29.7 Å². The molecule has 2 aromatic rings. The van der Waals surface area contributed by atoms with E-state index in [1.807, 2.05) is 30.3 Å². The van der Waals surface area contributed by atoms with E-state index in [0.717, 1.165) is 5.56 Å². The fourth-order valence-corrected chi connectivity index (χ4v) is 3.61. The Bertz CT molecular complexity index is 989. The van der Waals surface area contributed by atoms with Crippen LogP contribution in [0.1, 0.15) is 44.7 Å². The zero-order valence-corrected chi connectivity index (χ0v) is 15.5. The fourth-order valence-electron chi connectivity index (χ4n) is 3.61. The highest BCUT2D eigenvalue weighted by Crippen LogP contribution is 2.29. The molecule has 2 N–H and O–H groups in total. The largest absolute Gasteiger partial charge is 0.322 e. The molecule has 29 heavy (non-hydrogen) atoms. The average molecular weight is 393 g/mol. The second-order valence-corrected chi connectivity index (χ2v) is 6.94. The smallest absolute Gasteiger partial charge is 0.275 e. The van der Waals surface area contributed by atoms with Crippen LogP contribution in [0.2, 0.25) is 0 Å². The summed E-state index contributed by atoms with van der Waals surface area (Å²) in [5.41, 5.74) is 4.56. The molecule has 4 rings (SSSR count). The van der Waals surface area contributed by atoms with Gasteiger partial charge in [-0.15, -0.1) is 0 Å². The number of hydroxylamine groups is 1. The van der Waals surface area contributed by atoms with E-state index in [0.29, 0.717) is 16.7 Å². The normalized spacial score (nSPS) is 18.4. The molecule has 1 saturated heterocycles. The van der Waals surface area contributed by atoms with Crippen LogP contribution in [0.15, 0.2) is 48.5 Å². The minimum Gasteiger partial charge on any atom is -0.322 e. The summed E-state index contributed by atoms with van der Waals surface area (Å²) in [6, 6.07) is 13.5. The molecule has 0 spiro atoms. The van der Waals surface area contributed by atoms with Crippen molar-refractivity contribution in [2.45, 2.75) is 32.0 Å². The lowest BCUT2D eigenvalue weighted by Crippen LogP contribution is -2.52. The van der Waals surface area contributed by atoms with Crippen LogP contribution in [0.5, 0.6) is 0 Å². The van der Waals surface area contributed by atoms with E-state index in [-0.39, 0.29) is 37.8 Å². The average Bonchev–Trinajstić information content (AvgIpc) is 3.05. The van der Waals surface area contributed by atoms with Crippen molar-refractivity contribution >= 4 is 23.6 Å². The van der Waals surface area contributed by atoms with Crippen LogP contribution >= 0.6 is 0 Å². The van der Waals surface area contributed by atoms with Gasteiger partial charge >= 0.3 is 0 Å². The number of carbonyl (C=O) groups excluding carboxylic acids is 4. The Morgan fingerprint density at radius 1 is 1.10 bits per heavy atom. The number of carbonyl (C=O) groups is 4. The molecule has 2 aliphatic heterocycles. The summed E-state index contributed by atoms with van der Waals surface area (Å²) in [7, 11) is 0. The zero-order valence-electron chi connectivity index (χ0n) is 15.5. The summed E-state index contributed by atoms with van der Waals surface area (Å²) in [5.74, 6) is -1.62. The molecule has 0 radical (unpaired) electrons. The van der Waals surface area contributed by atoms with E-state index in [2.05, 4.69) is 10.8 Å². The third-order valence-electron chi connectivity index (χ3n) is 5.07. The standard InChI is InChI=1S/C21H19N3O5/c25-18-10-9-17(20(27)22-18)24-11-16-14(7-4-8-15(16)21(24)28)19(26)23-29-12-13-5-2-1-3-6-13/h1-8,17H,9-12H2,(H,23,26)(H,22,25,27). The Morgan fingerprint density at radius 3 is 2.66 bits per heavy atom. The lowest BCUT2D eigenvalue weighted by molar-refractivity contribution is -0.136. The molecule has 0 bridgehead atoms. The number of rotatable bonds is 5. The van der Waals surface area contributed by atoms with Gasteiger partial charge in [-0.25, -0.2) is 5.48 Å². The number of hydrogen-bond donors (Lipinski definition) is 2. The second kappa shape index (κ2) is 7.84. The molecule has 2 aromatic carbocycles. The Labute approximate surface area is 166 Å². The van der Waals surface area contributed by atoms with E-state index in [4.69, 9.17) is 4.84 Å². The van der Waals surface area contributed by atoms with E-state index in [1.54, 1.807) is 18.2 Å². The summed E-state index contributed by atoms with van der Waals surface area (Å²) < 4.78 is 0. The highest BCUT2D eigenvalue weighted by molar-refractivity contribution is 6.07. The molecule has 4 amide bonds. The van der Waals surface area contributed by atoms with Gasteiger partial charge in [0.05, 0.1) is 6.61 Å². The van der Waals surface area contributed by atoms with Crippen molar-refractivity contribution in [3.05, 3.63) is 70.8 Å². The van der Waals surface area contributed by atoms with Crippen molar-refractivity contribution in [2.24, 2.45) is 0 Å². The number of nitrogens with one attached hydrogen (secondary N) is 2. The third kappa shape index (κ3) is 3.74. The Balaban J connectivity index is 1.47. The Morgan fingerprint density at radius 2 is 1.90 bits per heavy atom. The molecule has 8 nitrogen and oxygen atoms in total. The fraction of sp³-hybridized carbons (Fsp3) is 0.238. The highest BCUT2D eigenvalue weighted by Gasteiger charge is 2.40. The number of benzene rings is 2. The molecule has 8 heteroatoms. The number of amides is 4. The zero-order chi connectivity index (χ0) is 20.4. The predicted octanol–water partition coefficient (Wildman–Crippen LogP) is 1.31. The van der Waals surface area contributed by atoms with Crippen LogP contribution in [-0.2, 0) is 27.6 Å². The van der Waals surface area contributed by atoms with Crippen molar-refractivity contribution < 1.29 is 24.0 Å². The third-order valence-corrected chi connectivity index (χ3v) is 5.07. The molecule has 1 fully saturated rings. The van der Waals surface area contributed by atoms with Crippen LogP contribution in [0, 0.1) is 0 Å². The van der Waals surface area contributed by atoms with Crippen LogP contribution < -0.4 is 10.8 Å². The second-order valence-electron chi connectivity index (χ2n) is 6.94. The number of fused-ring (bicyclic) bond motifs is 1. The van der Waals surface area contributed by atoms with E-state index in [9.17, 15) is 19.2 Å². The lowest BCUT2D eigenvalue weighted by atomic mass is 10.0. The summed E-state index contributed by atoms with van der Waals surface area (Å²) in [6.07, 6.45) is 0.448. The summed E-state index contributed by atoms with van der Waals surface area (Å²) in [6.45, 7) is 0.339. The van der Waals surface area contributed by atoms with E-state index >= 15 is 0 Å². The highest BCUT2D eigenvalue weighted by atomic mass is 16.6. The number of nitrogens with zero attached hydrogens (tertiary/aromatic N) is 1. The van der Waals surface area contributed by atoms with Gasteiger partial charge in [0.1, 0.15) is 6.04 Å². The maximum absolute atomic E-state index is 12.8. The molecule has 0 saturated carbocycles. The number of piperidine rings is 1. The quantitative estimate of drug-likeness (QED) is 0.589. The molecule has 0 aromatic heterocycles. The van der Waals surface area contributed by atoms with E-state index in [1.165, 1.54) is 4.90 Å². The van der Waals surface area contributed by atoms with Crippen LogP contribution in [0.3, 0.4) is 0 Å². The maximum atomic E-state index is 12.8. The lowest BCUT2D eigenvalue weighted by Gasteiger charge is -2.29. The van der Waals surface area contributed by atoms with Gasteiger partial charge in [-0.2, -0.15) is 0 Å². The first kappa shape index (κ1) is 18.8. The van der Waals surface area contributed by atoms with E-state index < -0.39 is 17.9 Å². The Kier molecular flexibility index (Phi) is 5.09. The number of imide groups is 1. The molecular weight excluding hydrogens is 374 g/mol. The minimum absolute atomic E-state index is 0.128. The molecule has 1 atom stereocenters. The van der Waals surface area contributed by atoms with Crippen molar-refractivity contribution in [1.29, 1.82) is 0 Å². The maximum Gasteiger partial charge on any atom is 0.275 e. The summed E-state index contributed by atoms with van der Waals surface area (Å²) in [5, 5.41) is 2.26. The van der Waals surface area contributed by atoms with Gasteiger partial charge in [-0.1, -0.05) is 36.4 Å². The topological polar surface area (TPSA) is 105 Å². The summed E-state index contributed by atoms with van der Waals surface area (Å²) in [4.78, 5) is 55.6. The SMILES string of the molecule is O=C1CCC(N2Cc3c(C(=O)NOCc4ccccc4)cccc3C2=O)C(=O)N1. The first-order valence-corrected chi connectivity index (χ1v) is 9.27.